The van der Waals surface area contributed by atoms with Crippen LogP contribution in [0.1, 0.15) is 91.6 Å². The van der Waals surface area contributed by atoms with E-state index in [1.807, 2.05) is 57.2 Å². The van der Waals surface area contributed by atoms with Crippen molar-refractivity contribution in [2.24, 2.45) is 0 Å². The second kappa shape index (κ2) is 10.3. The molecular formula is C36H42ClNO3. The Hall–Kier alpha value is -3.63. The molecule has 0 bridgehead atoms. The van der Waals surface area contributed by atoms with Crippen LogP contribution in [-0.4, -0.2) is 15.3 Å². The molecule has 0 aliphatic rings. The fourth-order valence-electron chi connectivity index (χ4n) is 5.52. The van der Waals surface area contributed by atoms with E-state index < -0.39 is 10.8 Å². The molecule has 4 rings (SSSR count). The van der Waals surface area contributed by atoms with Gasteiger partial charge in [-0.15, -0.1) is 0 Å². The third kappa shape index (κ3) is 5.38. The predicted molar refractivity (Wildman–Crippen MR) is 171 cm³/mol. The zero-order valence-corrected chi connectivity index (χ0v) is 26.3. The van der Waals surface area contributed by atoms with Gasteiger partial charge in [0.15, 0.2) is 0 Å². The molecule has 0 heterocycles. The van der Waals surface area contributed by atoms with E-state index in [1.54, 1.807) is 6.07 Å². The summed E-state index contributed by atoms with van der Waals surface area (Å²) < 4.78 is 0. The van der Waals surface area contributed by atoms with E-state index in [1.165, 1.54) is 0 Å². The zero-order valence-electron chi connectivity index (χ0n) is 25.6. The Morgan fingerprint density at radius 3 is 1.34 bits per heavy atom. The highest BCUT2D eigenvalue weighted by Gasteiger charge is 2.33. The molecule has 0 aromatic heterocycles. The molecule has 5 N–H and O–H groups in total. The Morgan fingerprint density at radius 2 is 0.902 bits per heavy atom. The number of nitrogen functional groups attached to an aromatic ring is 1. The lowest BCUT2D eigenvalue weighted by Gasteiger charge is -2.35. The number of phenols is 3. The van der Waals surface area contributed by atoms with Gasteiger partial charge in [0.25, 0.3) is 0 Å². The molecule has 4 nitrogen and oxygen atoms in total. The van der Waals surface area contributed by atoms with Gasteiger partial charge in [0, 0.05) is 16.2 Å². The first-order valence-electron chi connectivity index (χ1n) is 13.9. The van der Waals surface area contributed by atoms with Crippen molar-refractivity contribution in [2.45, 2.75) is 78.6 Å². The molecule has 0 atom stereocenters. The first kappa shape index (κ1) is 30.3. The number of nitrogens with two attached hydrogens (primary N) is 1. The summed E-state index contributed by atoms with van der Waals surface area (Å²) in [6, 6.07) is 20.3. The van der Waals surface area contributed by atoms with Gasteiger partial charge in [-0.05, 0) is 89.0 Å². The van der Waals surface area contributed by atoms with Crippen LogP contribution in [0.3, 0.4) is 0 Å². The SMILES string of the molecule is Cc1cc(C(C)(C)c2cc(C(C)(C)c3cc(C)c(O)c(N)c3)cc(C(C)(C)c3cc(C)c(O)c(Cl)c3)c2)ccc1O. The Labute approximate surface area is 249 Å². The minimum absolute atomic E-state index is 0.103. The van der Waals surface area contributed by atoms with Crippen molar-refractivity contribution in [3.63, 3.8) is 0 Å². The van der Waals surface area contributed by atoms with Crippen molar-refractivity contribution >= 4 is 17.3 Å². The van der Waals surface area contributed by atoms with E-state index in [2.05, 4.69) is 59.7 Å². The van der Waals surface area contributed by atoms with Gasteiger partial charge in [-0.3, -0.25) is 0 Å². The normalized spacial score (nSPS) is 12.5. The van der Waals surface area contributed by atoms with Crippen molar-refractivity contribution in [1.82, 2.24) is 0 Å². The van der Waals surface area contributed by atoms with Gasteiger partial charge in [-0.1, -0.05) is 95.6 Å². The predicted octanol–water partition coefficient (Wildman–Crippen LogP) is 8.94. The first-order valence-corrected chi connectivity index (χ1v) is 14.3. The maximum Gasteiger partial charge on any atom is 0.141 e. The van der Waals surface area contributed by atoms with Crippen LogP contribution in [0.25, 0.3) is 0 Å². The van der Waals surface area contributed by atoms with E-state index in [-0.39, 0.29) is 22.7 Å². The van der Waals surface area contributed by atoms with Crippen LogP contribution < -0.4 is 5.73 Å². The monoisotopic (exact) mass is 571 g/mol. The Kier molecular flexibility index (Phi) is 7.64. The average molecular weight is 572 g/mol. The van der Waals surface area contributed by atoms with Gasteiger partial charge in [-0.2, -0.15) is 0 Å². The minimum atomic E-state index is -0.451. The van der Waals surface area contributed by atoms with Crippen molar-refractivity contribution < 1.29 is 15.3 Å². The molecule has 0 saturated heterocycles. The summed E-state index contributed by atoms with van der Waals surface area (Å²) in [6.07, 6.45) is 0. The third-order valence-electron chi connectivity index (χ3n) is 9.04. The van der Waals surface area contributed by atoms with E-state index in [9.17, 15) is 15.3 Å². The standard InChI is InChI=1S/C36H42ClNO3/c1-20-12-23(10-11-31(20)39)34(4,5)26-15-27(35(6,7)24-13-21(2)32(40)29(37)18-24)17-28(16-26)36(8,9)25-14-22(3)33(41)30(38)19-25/h10-19,39-41H,38H2,1-9H3. The van der Waals surface area contributed by atoms with E-state index in [0.717, 1.165) is 50.1 Å². The quantitative estimate of drug-likeness (QED) is 0.137. The first-order chi connectivity index (χ1) is 18.9. The van der Waals surface area contributed by atoms with Gasteiger partial charge >= 0.3 is 0 Å². The number of anilines is 1. The average Bonchev–Trinajstić information content (AvgIpc) is 2.90. The maximum absolute atomic E-state index is 10.4. The second-order valence-electron chi connectivity index (χ2n) is 13.0. The highest BCUT2D eigenvalue weighted by atomic mass is 35.5. The molecule has 4 aromatic rings. The number of aromatic hydroxyl groups is 3. The van der Waals surface area contributed by atoms with Gasteiger partial charge in [0.05, 0.1) is 10.7 Å². The van der Waals surface area contributed by atoms with Crippen LogP contribution in [0.15, 0.2) is 60.7 Å². The summed E-state index contributed by atoms with van der Waals surface area (Å²) >= 11 is 6.45. The lowest BCUT2D eigenvalue weighted by molar-refractivity contribution is 0.470. The topological polar surface area (TPSA) is 86.7 Å². The Balaban J connectivity index is 2.01. The lowest BCUT2D eigenvalue weighted by Crippen LogP contribution is -2.27. The smallest absolute Gasteiger partial charge is 0.141 e. The van der Waals surface area contributed by atoms with Crippen LogP contribution in [-0.2, 0) is 16.2 Å². The largest absolute Gasteiger partial charge is 0.508 e. The summed E-state index contributed by atoms with van der Waals surface area (Å²) in [5.74, 6) is 0.496. The van der Waals surface area contributed by atoms with Crippen LogP contribution >= 0.6 is 11.6 Å². The van der Waals surface area contributed by atoms with Crippen molar-refractivity contribution in [2.75, 3.05) is 5.73 Å². The summed E-state index contributed by atoms with van der Waals surface area (Å²) in [7, 11) is 0. The molecule has 0 fully saturated rings. The molecule has 5 heteroatoms. The molecule has 4 aromatic carbocycles. The summed E-state index contributed by atoms with van der Waals surface area (Å²) in [6.45, 7) is 18.7. The van der Waals surface area contributed by atoms with Crippen LogP contribution in [0.2, 0.25) is 5.02 Å². The molecule has 0 unspecified atom stereocenters. The number of phenolic OH excluding ortho intramolecular Hbond substituents is 3. The number of hydrogen-bond donors (Lipinski definition) is 4. The highest BCUT2D eigenvalue weighted by molar-refractivity contribution is 6.32. The summed E-state index contributed by atoms with van der Waals surface area (Å²) in [5, 5.41) is 31.2. The van der Waals surface area contributed by atoms with E-state index >= 15 is 0 Å². The maximum atomic E-state index is 10.4. The fourth-order valence-corrected chi connectivity index (χ4v) is 5.79. The van der Waals surface area contributed by atoms with Crippen molar-refractivity contribution in [1.29, 1.82) is 0 Å². The van der Waals surface area contributed by atoms with Gasteiger partial charge in [-0.25, -0.2) is 0 Å². The number of aryl methyl sites for hydroxylation is 3. The number of hydrogen-bond acceptors (Lipinski definition) is 4. The number of benzene rings is 4. The van der Waals surface area contributed by atoms with Crippen LogP contribution in [0, 0.1) is 20.8 Å². The van der Waals surface area contributed by atoms with Gasteiger partial charge in [0.2, 0.25) is 0 Å². The molecule has 0 spiro atoms. The molecule has 0 saturated carbocycles. The van der Waals surface area contributed by atoms with Gasteiger partial charge < -0.3 is 21.1 Å². The Bertz CT molecular complexity index is 1520. The summed E-state index contributed by atoms with van der Waals surface area (Å²) in [5.41, 5.74) is 14.0. The van der Waals surface area contributed by atoms with Crippen LogP contribution in [0.5, 0.6) is 17.2 Å². The molecule has 0 radical (unpaired) electrons. The minimum Gasteiger partial charge on any atom is -0.508 e. The zero-order chi connectivity index (χ0) is 30.7. The van der Waals surface area contributed by atoms with Crippen molar-refractivity contribution in [3.05, 3.63) is 116 Å². The highest BCUT2D eigenvalue weighted by Crippen LogP contribution is 2.44. The molecule has 216 valence electrons. The van der Waals surface area contributed by atoms with Crippen molar-refractivity contribution in [3.8, 4) is 17.2 Å². The molecule has 41 heavy (non-hydrogen) atoms. The summed E-state index contributed by atoms with van der Waals surface area (Å²) in [4.78, 5) is 0. The van der Waals surface area contributed by atoms with E-state index in [4.69, 9.17) is 17.3 Å². The number of rotatable bonds is 6. The molecule has 0 aliphatic heterocycles. The molecule has 0 aliphatic carbocycles. The lowest BCUT2D eigenvalue weighted by atomic mass is 9.69. The Morgan fingerprint density at radius 1 is 0.512 bits per heavy atom. The van der Waals surface area contributed by atoms with Gasteiger partial charge in [0.1, 0.15) is 17.2 Å². The molecular weight excluding hydrogens is 530 g/mol. The van der Waals surface area contributed by atoms with Crippen LogP contribution in [0.4, 0.5) is 5.69 Å². The van der Waals surface area contributed by atoms with E-state index in [0.29, 0.717) is 10.7 Å². The fraction of sp³-hybridized carbons (Fsp3) is 0.333. The third-order valence-corrected chi connectivity index (χ3v) is 9.33. The molecule has 0 amide bonds. The number of halogens is 1. The second-order valence-corrected chi connectivity index (χ2v) is 13.4.